The van der Waals surface area contributed by atoms with Crippen molar-refractivity contribution < 1.29 is 23.1 Å². The standard InChI is InChI=1S/C18H29O5P/c1-3-15(2)21-18(19)14-24(20,22-16-10-6-4-7-11-16)23-17-12-8-5-9-13-17/h1,15-17H,4-14H2,2H3. The van der Waals surface area contributed by atoms with E-state index in [9.17, 15) is 9.36 Å². The molecule has 2 saturated carbocycles. The van der Waals surface area contributed by atoms with E-state index in [1.807, 2.05) is 0 Å². The third kappa shape index (κ3) is 6.59. The van der Waals surface area contributed by atoms with E-state index in [0.717, 1.165) is 51.4 Å². The molecule has 0 aliphatic heterocycles. The van der Waals surface area contributed by atoms with Crippen molar-refractivity contribution in [3.05, 3.63) is 0 Å². The summed E-state index contributed by atoms with van der Waals surface area (Å²) in [7, 11) is -3.52. The highest BCUT2D eigenvalue weighted by Gasteiger charge is 2.36. The number of esters is 1. The first-order valence-corrected chi connectivity index (χ1v) is 10.8. The van der Waals surface area contributed by atoms with E-state index in [4.69, 9.17) is 20.2 Å². The Morgan fingerprint density at radius 1 is 1.04 bits per heavy atom. The summed E-state index contributed by atoms with van der Waals surface area (Å²) in [5, 5.41) is 0. The molecule has 2 aliphatic carbocycles. The molecule has 0 aromatic carbocycles. The Kier molecular flexibility index (Phi) is 7.81. The van der Waals surface area contributed by atoms with Crippen LogP contribution in [0.5, 0.6) is 0 Å². The largest absolute Gasteiger partial charge is 0.449 e. The van der Waals surface area contributed by atoms with Crippen molar-refractivity contribution in [1.82, 2.24) is 0 Å². The summed E-state index contributed by atoms with van der Waals surface area (Å²) >= 11 is 0. The average Bonchev–Trinajstić information content (AvgIpc) is 2.55. The Balaban J connectivity index is 1.99. The van der Waals surface area contributed by atoms with Gasteiger partial charge in [-0.15, -0.1) is 6.42 Å². The smallest absolute Gasteiger partial charge is 0.342 e. The molecule has 5 nitrogen and oxygen atoms in total. The Hall–Kier alpha value is -0.820. The maximum absolute atomic E-state index is 13.2. The molecule has 2 rings (SSSR count). The zero-order valence-electron chi connectivity index (χ0n) is 14.6. The van der Waals surface area contributed by atoms with E-state index in [0.29, 0.717) is 0 Å². The molecule has 0 N–H and O–H groups in total. The maximum atomic E-state index is 13.2. The maximum Gasteiger partial charge on any atom is 0.342 e. The minimum atomic E-state index is -3.52. The van der Waals surface area contributed by atoms with E-state index in [-0.39, 0.29) is 18.4 Å². The molecule has 6 heteroatoms. The minimum Gasteiger partial charge on any atom is -0.449 e. The minimum absolute atomic E-state index is 0.0916. The van der Waals surface area contributed by atoms with Crippen molar-refractivity contribution >= 4 is 13.6 Å². The van der Waals surface area contributed by atoms with Gasteiger partial charge in [-0.25, -0.2) is 0 Å². The van der Waals surface area contributed by atoms with Gasteiger partial charge in [0.25, 0.3) is 0 Å². The molecule has 2 aliphatic rings. The molecule has 2 fully saturated rings. The van der Waals surface area contributed by atoms with Crippen LogP contribution >= 0.6 is 7.60 Å². The van der Waals surface area contributed by atoms with Crippen LogP contribution in [0.3, 0.4) is 0 Å². The van der Waals surface area contributed by atoms with E-state index in [2.05, 4.69) is 5.92 Å². The summed E-state index contributed by atoms with van der Waals surface area (Å²) in [5.41, 5.74) is 0. The predicted molar refractivity (Wildman–Crippen MR) is 92.8 cm³/mol. The quantitative estimate of drug-likeness (QED) is 0.383. The summed E-state index contributed by atoms with van der Waals surface area (Å²) < 4.78 is 30.0. The summed E-state index contributed by atoms with van der Waals surface area (Å²) in [4.78, 5) is 12.1. The first-order valence-electron chi connectivity index (χ1n) is 9.12. The third-order valence-electron chi connectivity index (χ3n) is 4.59. The van der Waals surface area contributed by atoms with Gasteiger partial charge >= 0.3 is 13.6 Å². The van der Waals surface area contributed by atoms with Gasteiger partial charge in [-0.2, -0.15) is 0 Å². The van der Waals surface area contributed by atoms with Gasteiger partial charge in [0, 0.05) is 0 Å². The molecule has 0 bridgehead atoms. The van der Waals surface area contributed by atoms with Crippen molar-refractivity contribution in [1.29, 1.82) is 0 Å². The van der Waals surface area contributed by atoms with E-state index < -0.39 is 19.7 Å². The number of hydrogen-bond acceptors (Lipinski definition) is 5. The van der Waals surface area contributed by atoms with Crippen LogP contribution in [0.15, 0.2) is 0 Å². The Labute approximate surface area is 145 Å². The lowest BCUT2D eigenvalue weighted by Crippen LogP contribution is -2.25. The zero-order chi connectivity index (χ0) is 17.4. The van der Waals surface area contributed by atoms with Gasteiger partial charge in [0.2, 0.25) is 0 Å². The van der Waals surface area contributed by atoms with Crippen LogP contribution in [0.1, 0.15) is 71.1 Å². The van der Waals surface area contributed by atoms with Crippen LogP contribution in [-0.2, 0) is 23.1 Å². The SMILES string of the molecule is C#CC(C)OC(=O)CP(=O)(OC1CCCCC1)OC1CCCCC1. The summed E-state index contributed by atoms with van der Waals surface area (Å²) in [6.07, 6.45) is 14.1. The van der Waals surface area contributed by atoms with E-state index in [1.54, 1.807) is 6.92 Å². The highest BCUT2D eigenvalue weighted by atomic mass is 31.2. The van der Waals surface area contributed by atoms with Gasteiger partial charge in [-0.05, 0) is 32.6 Å². The molecule has 1 atom stereocenters. The van der Waals surface area contributed by atoms with Crippen molar-refractivity contribution in [2.45, 2.75) is 89.4 Å². The Morgan fingerprint density at radius 2 is 1.50 bits per heavy atom. The molecule has 0 saturated heterocycles. The molecule has 0 radical (unpaired) electrons. The number of hydrogen-bond donors (Lipinski definition) is 0. The second-order valence-corrected chi connectivity index (χ2v) is 8.76. The molecule has 0 aromatic heterocycles. The van der Waals surface area contributed by atoms with Crippen molar-refractivity contribution in [3.8, 4) is 12.3 Å². The normalized spacial score (nSPS) is 21.8. The zero-order valence-corrected chi connectivity index (χ0v) is 15.5. The number of carbonyl (C=O) groups is 1. The lowest BCUT2D eigenvalue weighted by molar-refractivity contribution is -0.143. The molecule has 24 heavy (non-hydrogen) atoms. The van der Waals surface area contributed by atoms with Crippen LogP contribution in [0, 0.1) is 12.3 Å². The fourth-order valence-electron chi connectivity index (χ4n) is 3.32. The van der Waals surface area contributed by atoms with Crippen LogP contribution in [0.2, 0.25) is 0 Å². The van der Waals surface area contributed by atoms with Crippen LogP contribution in [0.4, 0.5) is 0 Å². The number of rotatable bonds is 7. The van der Waals surface area contributed by atoms with Crippen LogP contribution in [-0.4, -0.2) is 30.4 Å². The van der Waals surface area contributed by atoms with E-state index >= 15 is 0 Å². The fourth-order valence-corrected chi connectivity index (χ4v) is 5.24. The highest BCUT2D eigenvalue weighted by molar-refractivity contribution is 7.54. The Morgan fingerprint density at radius 3 is 1.92 bits per heavy atom. The molecule has 0 aromatic rings. The lowest BCUT2D eigenvalue weighted by atomic mass is 9.98. The van der Waals surface area contributed by atoms with Gasteiger partial charge in [0.1, 0.15) is 6.16 Å². The molecular weight excluding hydrogens is 327 g/mol. The molecule has 0 heterocycles. The van der Waals surface area contributed by atoms with Crippen molar-refractivity contribution in [2.75, 3.05) is 6.16 Å². The summed E-state index contributed by atoms with van der Waals surface area (Å²) in [6.45, 7) is 1.60. The number of terminal acetylenes is 1. The fraction of sp³-hybridized carbons (Fsp3) is 0.833. The van der Waals surface area contributed by atoms with Crippen molar-refractivity contribution in [2.24, 2.45) is 0 Å². The van der Waals surface area contributed by atoms with Gasteiger partial charge in [-0.1, -0.05) is 44.4 Å². The highest BCUT2D eigenvalue weighted by Crippen LogP contribution is 2.53. The van der Waals surface area contributed by atoms with Gasteiger partial charge in [-0.3, -0.25) is 9.36 Å². The van der Waals surface area contributed by atoms with E-state index in [1.165, 1.54) is 12.8 Å². The molecular formula is C18H29O5P. The predicted octanol–water partition coefficient (Wildman–Crippen LogP) is 4.44. The second-order valence-electron chi connectivity index (χ2n) is 6.80. The number of carbonyl (C=O) groups excluding carboxylic acids is 1. The van der Waals surface area contributed by atoms with Crippen LogP contribution < -0.4 is 0 Å². The Bertz CT molecular complexity index is 462. The lowest BCUT2D eigenvalue weighted by Gasteiger charge is -2.31. The first kappa shape index (κ1) is 19.5. The first-order chi connectivity index (χ1) is 11.5. The van der Waals surface area contributed by atoms with Gasteiger partial charge in [0.05, 0.1) is 12.2 Å². The average molecular weight is 356 g/mol. The third-order valence-corrected chi connectivity index (χ3v) is 6.47. The number of ether oxygens (including phenoxy) is 1. The molecule has 136 valence electrons. The summed E-state index contributed by atoms with van der Waals surface area (Å²) in [6, 6.07) is 0. The topological polar surface area (TPSA) is 61.8 Å². The monoisotopic (exact) mass is 356 g/mol. The van der Waals surface area contributed by atoms with Crippen LogP contribution in [0.25, 0.3) is 0 Å². The second kappa shape index (κ2) is 9.61. The molecule has 1 unspecified atom stereocenters. The summed E-state index contributed by atoms with van der Waals surface area (Å²) in [5.74, 6) is 1.71. The van der Waals surface area contributed by atoms with Crippen molar-refractivity contribution in [3.63, 3.8) is 0 Å². The van der Waals surface area contributed by atoms with Gasteiger partial charge in [0.15, 0.2) is 6.10 Å². The molecule has 0 amide bonds. The molecule has 0 spiro atoms. The van der Waals surface area contributed by atoms with Gasteiger partial charge < -0.3 is 13.8 Å².